The number of hydrogen-bond donors (Lipinski definition) is 1. The molecule has 0 aliphatic carbocycles. The fourth-order valence-electron chi connectivity index (χ4n) is 0.380. The minimum absolute atomic E-state index is 0.172. The molecule has 0 aromatic rings. The molecule has 3 heteroatoms. The Balaban J connectivity index is 3.88. The lowest BCUT2D eigenvalue weighted by molar-refractivity contribution is -0.133. The third-order valence-corrected chi connectivity index (χ3v) is 1.01. The maximum Gasteiger partial charge on any atom is 0.333 e. The lowest BCUT2D eigenvalue weighted by atomic mass is 10.1. The summed E-state index contributed by atoms with van der Waals surface area (Å²) in [6.45, 7) is 4.62. The van der Waals surface area contributed by atoms with Crippen LogP contribution in [0.3, 0.4) is 0 Å². The number of rotatable bonds is 3. The summed E-state index contributed by atoms with van der Waals surface area (Å²) in [5.74, 6) is -1.26. The molecule has 0 heterocycles. The van der Waals surface area contributed by atoms with E-state index in [1.165, 1.54) is 0 Å². The first-order chi connectivity index (χ1) is 4.09. The molecule has 1 unspecified atom stereocenters. The van der Waals surface area contributed by atoms with Crippen molar-refractivity contribution >= 4 is 5.97 Å². The van der Waals surface area contributed by atoms with Crippen molar-refractivity contribution in [3.05, 3.63) is 12.2 Å². The molecule has 0 aromatic heterocycles. The molecule has 2 nitrogen and oxygen atoms in total. The summed E-state index contributed by atoms with van der Waals surface area (Å²) in [6.07, 6.45) is -1.23. The summed E-state index contributed by atoms with van der Waals surface area (Å²) in [6, 6.07) is 0. The van der Waals surface area contributed by atoms with Crippen LogP contribution in [0.25, 0.3) is 0 Å². The van der Waals surface area contributed by atoms with E-state index in [4.69, 9.17) is 5.11 Å². The van der Waals surface area contributed by atoms with Gasteiger partial charge in [-0.15, -0.1) is 0 Å². The molecule has 9 heavy (non-hydrogen) atoms. The van der Waals surface area contributed by atoms with Crippen molar-refractivity contribution in [2.75, 3.05) is 0 Å². The fourth-order valence-corrected chi connectivity index (χ4v) is 0.380. The van der Waals surface area contributed by atoms with Gasteiger partial charge in [-0.05, 0) is 6.42 Å². The van der Waals surface area contributed by atoms with E-state index in [-0.39, 0.29) is 12.0 Å². The second-order valence-electron chi connectivity index (χ2n) is 1.71. The first-order valence-corrected chi connectivity index (χ1v) is 2.65. The minimum Gasteiger partial charge on any atom is -0.478 e. The third kappa shape index (κ3) is 2.26. The first-order valence-electron chi connectivity index (χ1n) is 2.65. The van der Waals surface area contributed by atoms with Crippen molar-refractivity contribution in [2.45, 2.75) is 19.5 Å². The number of alkyl halides is 1. The summed E-state index contributed by atoms with van der Waals surface area (Å²) in [7, 11) is 0. The van der Waals surface area contributed by atoms with Gasteiger partial charge < -0.3 is 5.11 Å². The molecule has 0 spiro atoms. The van der Waals surface area contributed by atoms with Gasteiger partial charge in [0, 0.05) is 0 Å². The lowest BCUT2D eigenvalue weighted by Gasteiger charge is -2.01. The number of carbonyl (C=O) groups is 1. The fraction of sp³-hybridized carbons (Fsp3) is 0.500. The summed E-state index contributed by atoms with van der Waals surface area (Å²) < 4.78 is 12.3. The molecule has 0 bridgehead atoms. The predicted molar refractivity (Wildman–Crippen MR) is 32.0 cm³/mol. The van der Waals surface area contributed by atoms with Crippen LogP contribution in [0, 0.1) is 0 Å². The minimum atomic E-state index is -1.40. The molecule has 0 aromatic carbocycles. The van der Waals surface area contributed by atoms with Crippen molar-refractivity contribution < 1.29 is 14.3 Å². The van der Waals surface area contributed by atoms with Crippen LogP contribution >= 0.6 is 0 Å². The average Bonchev–Trinajstić information content (AvgIpc) is 1.84. The molecule has 0 fully saturated rings. The van der Waals surface area contributed by atoms with Gasteiger partial charge in [-0.3, -0.25) is 0 Å². The highest BCUT2D eigenvalue weighted by Crippen LogP contribution is 2.07. The van der Waals surface area contributed by atoms with Crippen molar-refractivity contribution in [3.8, 4) is 0 Å². The van der Waals surface area contributed by atoms with E-state index in [2.05, 4.69) is 6.58 Å². The molecule has 52 valence electrons. The SMILES string of the molecule is C=C(C(=O)O)C(F)CC. The van der Waals surface area contributed by atoms with Crippen LogP contribution in [0.2, 0.25) is 0 Å². The number of hydrogen-bond acceptors (Lipinski definition) is 1. The normalized spacial score (nSPS) is 12.7. The van der Waals surface area contributed by atoms with E-state index >= 15 is 0 Å². The Morgan fingerprint density at radius 1 is 1.89 bits per heavy atom. The van der Waals surface area contributed by atoms with Crippen LogP contribution in [0.5, 0.6) is 0 Å². The summed E-state index contributed by atoms with van der Waals surface area (Å²) in [5.41, 5.74) is -0.363. The largest absolute Gasteiger partial charge is 0.478 e. The zero-order chi connectivity index (χ0) is 7.44. The molecule has 1 N–H and O–H groups in total. The van der Waals surface area contributed by atoms with E-state index in [0.29, 0.717) is 0 Å². The number of carboxylic acids is 1. The molecular weight excluding hydrogens is 123 g/mol. The number of carboxylic acid groups (broad SMARTS) is 1. The van der Waals surface area contributed by atoms with Crippen LogP contribution in [-0.2, 0) is 4.79 Å². The topological polar surface area (TPSA) is 37.3 Å². The van der Waals surface area contributed by atoms with Gasteiger partial charge in [-0.1, -0.05) is 13.5 Å². The zero-order valence-corrected chi connectivity index (χ0v) is 5.22. The maximum absolute atomic E-state index is 12.3. The number of halogens is 1. The molecule has 0 rings (SSSR count). The highest BCUT2D eigenvalue weighted by atomic mass is 19.1. The van der Waals surface area contributed by atoms with Gasteiger partial charge in [0.05, 0.1) is 5.57 Å². The smallest absolute Gasteiger partial charge is 0.333 e. The molecule has 0 saturated carbocycles. The van der Waals surface area contributed by atoms with Crippen LogP contribution in [0.4, 0.5) is 4.39 Å². The first kappa shape index (κ1) is 8.14. The molecule has 1 atom stereocenters. The van der Waals surface area contributed by atoms with E-state index in [9.17, 15) is 9.18 Å². The Morgan fingerprint density at radius 2 is 2.33 bits per heavy atom. The molecule has 0 amide bonds. The van der Waals surface area contributed by atoms with Gasteiger partial charge in [-0.25, -0.2) is 9.18 Å². The second-order valence-corrected chi connectivity index (χ2v) is 1.71. The summed E-state index contributed by atoms with van der Waals surface area (Å²) >= 11 is 0. The van der Waals surface area contributed by atoms with Gasteiger partial charge in [0.25, 0.3) is 0 Å². The van der Waals surface area contributed by atoms with E-state index < -0.39 is 12.1 Å². The average molecular weight is 132 g/mol. The van der Waals surface area contributed by atoms with Gasteiger partial charge in [0.15, 0.2) is 0 Å². The highest BCUT2D eigenvalue weighted by Gasteiger charge is 2.14. The second kappa shape index (κ2) is 3.22. The van der Waals surface area contributed by atoms with Crippen LogP contribution in [0.1, 0.15) is 13.3 Å². The van der Waals surface area contributed by atoms with Crippen molar-refractivity contribution in [1.29, 1.82) is 0 Å². The molecule has 0 saturated heterocycles. The zero-order valence-electron chi connectivity index (χ0n) is 5.22. The Kier molecular flexibility index (Phi) is 2.91. The highest BCUT2D eigenvalue weighted by molar-refractivity contribution is 5.86. The van der Waals surface area contributed by atoms with E-state index in [1.807, 2.05) is 0 Å². The third-order valence-electron chi connectivity index (χ3n) is 1.01. The Hall–Kier alpha value is -0.860. The molecule has 0 aliphatic rings. The van der Waals surface area contributed by atoms with Crippen LogP contribution in [0.15, 0.2) is 12.2 Å². The molecule has 0 aliphatic heterocycles. The Morgan fingerprint density at radius 3 is 2.44 bits per heavy atom. The standard InChI is InChI=1S/C6H9FO2/c1-3-5(7)4(2)6(8)9/h5H,2-3H2,1H3,(H,8,9). The number of aliphatic carboxylic acids is 1. The van der Waals surface area contributed by atoms with Crippen molar-refractivity contribution in [2.24, 2.45) is 0 Å². The lowest BCUT2D eigenvalue weighted by Crippen LogP contribution is -2.10. The van der Waals surface area contributed by atoms with Gasteiger partial charge in [0.1, 0.15) is 6.17 Å². The summed E-state index contributed by atoms with van der Waals surface area (Å²) in [4.78, 5) is 9.96. The Bertz CT molecular complexity index is 131. The summed E-state index contributed by atoms with van der Waals surface area (Å²) in [5, 5.41) is 8.14. The monoisotopic (exact) mass is 132 g/mol. The van der Waals surface area contributed by atoms with Crippen LogP contribution < -0.4 is 0 Å². The van der Waals surface area contributed by atoms with E-state index in [0.717, 1.165) is 0 Å². The van der Waals surface area contributed by atoms with Gasteiger partial charge in [-0.2, -0.15) is 0 Å². The quantitative estimate of drug-likeness (QED) is 0.589. The predicted octanol–water partition coefficient (Wildman–Crippen LogP) is 1.38. The molecule has 0 radical (unpaired) electrons. The molecular formula is C6H9FO2. The van der Waals surface area contributed by atoms with Crippen LogP contribution in [-0.4, -0.2) is 17.2 Å². The van der Waals surface area contributed by atoms with Crippen molar-refractivity contribution in [1.82, 2.24) is 0 Å². The van der Waals surface area contributed by atoms with Gasteiger partial charge >= 0.3 is 5.97 Å². The van der Waals surface area contributed by atoms with Crippen molar-refractivity contribution in [3.63, 3.8) is 0 Å². The maximum atomic E-state index is 12.3. The Labute approximate surface area is 53.0 Å². The van der Waals surface area contributed by atoms with E-state index in [1.54, 1.807) is 6.92 Å². The van der Waals surface area contributed by atoms with Gasteiger partial charge in [0.2, 0.25) is 0 Å².